The molecular formula is C18H23N5O2. The maximum absolute atomic E-state index is 12.4. The van der Waals surface area contributed by atoms with Crippen molar-refractivity contribution in [1.29, 1.82) is 0 Å². The molecule has 2 heterocycles. The maximum Gasteiger partial charge on any atom is 0.319 e. The van der Waals surface area contributed by atoms with Gasteiger partial charge < -0.3 is 20.3 Å². The van der Waals surface area contributed by atoms with Crippen LogP contribution in [0.15, 0.2) is 42.7 Å². The van der Waals surface area contributed by atoms with E-state index >= 15 is 0 Å². The van der Waals surface area contributed by atoms with Gasteiger partial charge in [0.05, 0.1) is 30.2 Å². The van der Waals surface area contributed by atoms with Gasteiger partial charge in [-0.1, -0.05) is 30.3 Å². The number of nitrogens with zero attached hydrogens (tertiary/aromatic N) is 3. The van der Waals surface area contributed by atoms with Crippen LogP contribution in [0.25, 0.3) is 0 Å². The lowest BCUT2D eigenvalue weighted by Crippen LogP contribution is -2.38. The zero-order chi connectivity index (χ0) is 17.6. The fourth-order valence-electron chi connectivity index (χ4n) is 2.84. The van der Waals surface area contributed by atoms with Crippen molar-refractivity contribution < 1.29 is 9.53 Å². The molecule has 2 atom stereocenters. The molecule has 2 aromatic rings. The Labute approximate surface area is 147 Å². The Morgan fingerprint density at radius 1 is 1.24 bits per heavy atom. The molecule has 0 spiro atoms. The van der Waals surface area contributed by atoms with E-state index in [1.165, 1.54) is 0 Å². The lowest BCUT2D eigenvalue weighted by Gasteiger charge is -2.24. The number of urea groups is 1. The summed E-state index contributed by atoms with van der Waals surface area (Å²) >= 11 is 0. The first-order chi connectivity index (χ1) is 12.1. The second-order valence-corrected chi connectivity index (χ2v) is 6.20. The van der Waals surface area contributed by atoms with E-state index in [0.29, 0.717) is 11.6 Å². The zero-order valence-electron chi connectivity index (χ0n) is 14.5. The highest BCUT2D eigenvalue weighted by molar-refractivity contribution is 5.89. The Bertz CT molecular complexity index is 684. The summed E-state index contributed by atoms with van der Waals surface area (Å²) in [6, 6.07) is 9.40. The lowest BCUT2D eigenvalue weighted by molar-refractivity contribution is 0.0815. The molecular weight excluding hydrogens is 318 g/mol. The third kappa shape index (κ3) is 4.45. The van der Waals surface area contributed by atoms with Gasteiger partial charge >= 0.3 is 6.03 Å². The van der Waals surface area contributed by atoms with E-state index in [-0.39, 0.29) is 18.2 Å². The monoisotopic (exact) mass is 341 g/mol. The van der Waals surface area contributed by atoms with Gasteiger partial charge in [0.15, 0.2) is 0 Å². The number of hydrogen-bond acceptors (Lipinski definition) is 5. The Kier molecular flexibility index (Phi) is 5.45. The number of aromatic nitrogens is 2. The highest BCUT2D eigenvalue weighted by Gasteiger charge is 2.28. The molecule has 1 aromatic heterocycles. The Morgan fingerprint density at radius 2 is 1.96 bits per heavy atom. The summed E-state index contributed by atoms with van der Waals surface area (Å²) in [7, 11) is 3.72. The Hall–Kier alpha value is -2.67. The van der Waals surface area contributed by atoms with Crippen LogP contribution in [0, 0.1) is 0 Å². The van der Waals surface area contributed by atoms with Crippen LogP contribution in [-0.2, 0) is 4.74 Å². The first kappa shape index (κ1) is 17.2. The summed E-state index contributed by atoms with van der Waals surface area (Å²) in [6.07, 6.45) is 5.11. The molecule has 0 bridgehead atoms. The third-order valence-corrected chi connectivity index (χ3v) is 4.08. The molecule has 7 heteroatoms. The molecule has 25 heavy (non-hydrogen) atoms. The fraction of sp³-hybridized carbons (Fsp3) is 0.389. The van der Waals surface area contributed by atoms with Gasteiger partial charge in [-0.05, 0) is 18.4 Å². The maximum atomic E-state index is 12.4. The van der Waals surface area contributed by atoms with Crippen LogP contribution in [0.2, 0.25) is 0 Å². The fourth-order valence-corrected chi connectivity index (χ4v) is 2.84. The van der Waals surface area contributed by atoms with Gasteiger partial charge in [0.25, 0.3) is 0 Å². The lowest BCUT2D eigenvalue weighted by atomic mass is 9.99. The van der Waals surface area contributed by atoms with E-state index in [4.69, 9.17) is 4.74 Å². The van der Waals surface area contributed by atoms with Gasteiger partial charge in [0, 0.05) is 20.7 Å². The average Bonchev–Trinajstić information content (AvgIpc) is 3.15. The molecule has 0 aliphatic carbocycles. The van der Waals surface area contributed by atoms with Crippen molar-refractivity contribution >= 4 is 17.7 Å². The number of hydrogen-bond donors (Lipinski definition) is 2. The second-order valence-electron chi connectivity index (χ2n) is 6.20. The molecule has 1 fully saturated rings. The van der Waals surface area contributed by atoms with Crippen molar-refractivity contribution in [3.8, 4) is 0 Å². The SMILES string of the molecule is CN(C)c1ncc(NC(=O)N[C@H](c2ccccc2)[C@H]2CCCO2)cn1. The molecule has 1 aliphatic rings. The van der Waals surface area contributed by atoms with E-state index in [2.05, 4.69) is 20.6 Å². The standard InChI is InChI=1S/C18H23N5O2/c1-23(2)17-19-11-14(12-20-17)21-18(24)22-16(15-9-6-10-25-15)13-7-4-3-5-8-13/h3-5,7-8,11-12,15-16H,6,9-10H2,1-2H3,(H2,21,22,24)/t15-,16-/m1/s1. The van der Waals surface area contributed by atoms with Crippen LogP contribution >= 0.6 is 0 Å². The molecule has 1 aromatic carbocycles. The molecule has 2 N–H and O–H groups in total. The normalized spacial score (nSPS) is 17.8. The van der Waals surface area contributed by atoms with Crippen molar-refractivity contribution in [2.45, 2.75) is 25.0 Å². The van der Waals surface area contributed by atoms with Gasteiger partial charge in [-0.15, -0.1) is 0 Å². The number of ether oxygens (including phenoxy) is 1. The van der Waals surface area contributed by atoms with Crippen molar-refractivity contribution in [1.82, 2.24) is 15.3 Å². The number of anilines is 2. The van der Waals surface area contributed by atoms with Crippen molar-refractivity contribution in [2.75, 3.05) is 30.9 Å². The van der Waals surface area contributed by atoms with E-state index in [1.807, 2.05) is 44.4 Å². The molecule has 0 saturated carbocycles. The predicted molar refractivity (Wildman–Crippen MR) is 96.7 cm³/mol. The van der Waals surface area contributed by atoms with E-state index in [9.17, 15) is 4.79 Å². The number of carbonyl (C=O) groups is 1. The van der Waals surface area contributed by atoms with Crippen LogP contribution in [0.5, 0.6) is 0 Å². The van der Waals surface area contributed by atoms with Crippen LogP contribution in [-0.4, -0.2) is 42.8 Å². The summed E-state index contributed by atoms with van der Waals surface area (Å²) in [5.74, 6) is 0.590. The second kappa shape index (κ2) is 7.94. The first-order valence-corrected chi connectivity index (χ1v) is 8.37. The van der Waals surface area contributed by atoms with Crippen LogP contribution in [0.4, 0.5) is 16.4 Å². The number of benzene rings is 1. The minimum Gasteiger partial charge on any atom is -0.376 e. The highest BCUT2D eigenvalue weighted by atomic mass is 16.5. The summed E-state index contributed by atoms with van der Waals surface area (Å²) in [6.45, 7) is 0.733. The number of rotatable bonds is 5. The average molecular weight is 341 g/mol. The van der Waals surface area contributed by atoms with E-state index in [1.54, 1.807) is 17.3 Å². The minimum atomic E-state index is -0.300. The Balaban J connectivity index is 1.67. The zero-order valence-corrected chi connectivity index (χ0v) is 14.5. The van der Waals surface area contributed by atoms with Crippen molar-refractivity contribution in [2.24, 2.45) is 0 Å². The van der Waals surface area contributed by atoms with Gasteiger partial charge in [-0.25, -0.2) is 14.8 Å². The van der Waals surface area contributed by atoms with Crippen LogP contribution in [0.1, 0.15) is 24.4 Å². The van der Waals surface area contributed by atoms with Crippen molar-refractivity contribution in [3.05, 3.63) is 48.3 Å². The quantitative estimate of drug-likeness (QED) is 0.874. The molecule has 0 radical (unpaired) electrons. The predicted octanol–water partition coefficient (Wildman–Crippen LogP) is 2.58. The Morgan fingerprint density at radius 3 is 2.56 bits per heavy atom. The minimum absolute atomic E-state index is 0.0134. The largest absolute Gasteiger partial charge is 0.376 e. The van der Waals surface area contributed by atoms with Crippen LogP contribution in [0.3, 0.4) is 0 Å². The van der Waals surface area contributed by atoms with Gasteiger partial charge in [-0.2, -0.15) is 0 Å². The molecule has 0 unspecified atom stereocenters. The summed E-state index contributed by atoms with van der Waals surface area (Å²) < 4.78 is 5.79. The molecule has 3 rings (SSSR count). The van der Waals surface area contributed by atoms with Gasteiger partial charge in [0.2, 0.25) is 5.95 Å². The molecule has 1 aliphatic heterocycles. The van der Waals surface area contributed by atoms with Gasteiger partial charge in [-0.3, -0.25) is 0 Å². The number of amides is 2. The molecule has 2 amide bonds. The van der Waals surface area contributed by atoms with E-state index < -0.39 is 0 Å². The summed E-state index contributed by atoms with van der Waals surface area (Å²) in [5, 5.41) is 5.80. The molecule has 132 valence electrons. The molecule has 1 saturated heterocycles. The highest BCUT2D eigenvalue weighted by Crippen LogP contribution is 2.27. The smallest absolute Gasteiger partial charge is 0.319 e. The summed E-state index contributed by atoms with van der Waals surface area (Å²) in [5.41, 5.74) is 1.58. The topological polar surface area (TPSA) is 79.4 Å². The first-order valence-electron chi connectivity index (χ1n) is 8.37. The third-order valence-electron chi connectivity index (χ3n) is 4.08. The number of carbonyl (C=O) groups excluding carboxylic acids is 1. The molecule has 7 nitrogen and oxygen atoms in total. The van der Waals surface area contributed by atoms with Gasteiger partial charge in [0.1, 0.15) is 0 Å². The van der Waals surface area contributed by atoms with Crippen molar-refractivity contribution in [3.63, 3.8) is 0 Å². The van der Waals surface area contributed by atoms with Crippen LogP contribution < -0.4 is 15.5 Å². The summed E-state index contributed by atoms with van der Waals surface area (Å²) in [4.78, 5) is 22.6. The number of nitrogens with one attached hydrogen (secondary N) is 2. The van der Waals surface area contributed by atoms with E-state index in [0.717, 1.165) is 25.0 Å².